The van der Waals surface area contributed by atoms with Crippen molar-refractivity contribution in [2.75, 3.05) is 17.4 Å². The van der Waals surface area contributed by atoms with Gasteiger partial charge < -0.3 is 10.2 Å². The van der Waals surface area contributed by atoms with Crippen molar-refractivity contribution in [1.29, 1.82) is 0 Å². The van der Waals surface area contributed by atoms with E-state index in [-0.39, 0.29) is 39.1 Å². The average molecular weight is 603 g/mol. The van der Waals surface area contributed by atoms with Gasteiger partial charge in [0.15, 0.2) is 0 Å². The molecule has 0 bridgehead atoms. The van der Waals surface area contributed by atoms with E-state index in [4.69, 9.17) is 23.2 Å². The summed E-state index contributed by atoms with van der Waals surface area (Å²) in [4.78, 5) is 28.7. The number of rotatable bonds is 11. The standard InChI is InChI=1S/C30H33Cl2N3O4S/c1-22(30(37)33-24-13-8-9-14-24)34(20-19-23-11-4-2-5-12-23)28(36)21-35(27-18-10-17-26(31)29(27)32)40(38,39)25-15-6-3-7-16-25/h2-7,10-12,15-18,22,24H,8-9,13-14,19-21H2,1H3,(H,33,37)/t22-/m1/s1. The van der Waals surface area contributed by atoms with E-state index in [2.05, 4.69) is 5.32 Å². The highest BCUT2D eigenvalue weighted by atomic mass is 35.5. The number of carbonyl (C=O) groups is 2. The molecule has 1 saturated carbocycles. The summed E-state index contributed by atoms with van der Waals surface area (Å²) in [6.45, 7) is 1.34. The Morgan fingerprint density at radius 1 is 0.925 bits per heavy atom. The third-order valence-corrected chi connectivity index (χ3v) is 9.75. The summed E-state index contributed by atoms with van der Waals surface area (Å²) in [7, 11) is -4.21. The number of nitrogens with one attached hydrogen (secondary N) is 1. The number of anilines is 1. The zero-order valence-corrected chi connectivity index (χ0v) is 24.6. The van der Waals surface area contributed by atoms with Gasteiger partial charge >= 0.3 is 0 Å². The van der Waals surface area contributed by atoms with Crippen LogP contribution in [0.25, 0.3) is 0 Å². The largest absolute Gasteiger partial charge is 0.352 e. The summed E-state index contributed by atoms with van der Waals surface area (Å²) in [5.41, 5.74) is 1.08. The Bertz CT molecular complexity index is 1420. The molecule has 10 heteroatoms. The van der Waals surface area contributed by atoms with Gasteiger partial charge in [-0.1, -0.05) is 90.6 Å². The molecule has 0 unspecified atom stereocenters. The van der Waals surface area contributed by atoms with Crippen molar-refractivity contribution in [3.8, 4) is 0 Å². The molecule has 1 aliphatic rings. The fraction of sp³-hybridized carbons (Fsp3) is 0.333. The SMILES string of the molecule is C[C@H](C(=O)NC1CCCC1)N(CCc1ccccc1)C(=O)CN(c1cccc(Cl)c1Cl)S(=O)(=O)c1ccccc1. The highest BCUT2D eigenvalue weighted by Gasteiger charge is 2.34. The summed E-state index contributed by atoms with van der Waals surface area (Å²) in [6.07, 6.45) is 4.43. The summed E-state index contributed by atoms with van der Waals surface area (Å²) < 4.78 is 28.7. The van der Waals surface area contributed by atoms with Gasteiger partial charge in [-0.3, -0.25) is 13.9 Å². The maximum atomic E-state index is 14.0. The van der Waals surface area contributed by atoms with Gasteiger partial charge in [-0.15, -0.1) is 0 Å². The second kappa shape index (κ2) is 13.5. The number of halogens is 2. The lowest BCUT2D eigenvalue weighted by atomic mass is 10.1. The monoisotopic (exact) mass is 601 g/mol. The molecule has 40 heavy (non-hydrogen) atoms. The normalized spacial score (nSPS) is 14.5. The van der Waals surface area contributed by atoms with Gasteiger partial charge in [0, 0.05) is 12.6 Å². The molecule has 3 aromatic carbocycles. The van der Waals surface area contributed by atoms with Gasteiger partial charge in [0.2, 0.25) is 11.8 Å². The number of hydrogen-bond donors (Lipinski definition) is 1. The lowest BCUT2D eigenvalue weighted by Crippen LogP contribution is -2.53. The Morgan fingerprint density at radius 2 is 1.55 bits per heavy atom. The highest BCUT2D eigenvalue weighted by molar-refractivity contribution is 7.92. The van der Waals surface area contributed by atoms with Crippen LogP contribution in [0.2, 0.25) is 10.0 Å². The smallest absolute Gasteiger partial charge is 0.264 e. The Balaban J connectivity index is 1.66. The maximum Gasteiger partial charge on any atom is 0.264 e. The third kappa shape index (κ3) is 7.16. The zero-order valence-electron chi connectivity index (χ0n) is 22.3. The van der Waals surface area contributed by atoms with Crippen LogP contribution < -0.4 is 9.62 Å². The molecule has 1 aliphatic carbocycles. The first-order chi connectivity index (χ1) is 19.2. The molecule has 0 saturated heterocycles. The van der Waals surface area contributed by atoms with E-state index in [1.807, 2.05) is 30.3 Å². The maximum absolute atomic E-state index is 14.0. The van der Waals surface area contributed by atoms with Crippen LogP contribution >= 0.6 is 23.2 Å². The molecule has 1 fully saturated rings. The number of amides is 2. The second-order valence-corrected chi connectivity index (χ2v) is 12.5. The Morgan fingerprint density at radius 3 is 2.20 bits per heavy atom. The minimum absolute atomic E-state index is 0.00158. The summed E-state index contributed by atoms with van der Waals surface area (Å²) >= 11 is 12.7. The zero-order chi connectivity index (χ0) is 28.7. The van der Waals surface area contributed by atoms with Gasteiger partial charge in [-0.2, -0.15) is 0 Å². The second-order valence-electron chi connectivity index (χ2n) is 9.89. The number of benzene rings is 3. The van der Waals surface area contributed by atoms with Crippen molar-refractivity contribution in [3.05, 3.63) is 94.5 Å². The summed E-state index contributed by atoms with van der Waals surface area (Å²) in [5, 5.41) is 3.24. The van der Waals surface area contributed by atoms with E-state index in [1.165, 1.54) is 23.1 Å². The van der Waals surface area contributed by atoms with Crippen molar-refractivity contribution in [1.82, 2.24) is 10.2 Å². The third-order valence-electron chi connectivity index (χ3n) is 7.16. The molecule has 1 atom stereocenters. The van der Waals surface area contributed by atoms with E-state index in [0.717, 1.165) is 35.6 Å². The van der Waals surface area contributed by atoms with Crippen LogP contribution in [0.1, 0.15) is 38.2 Å². The lowest BCUT2D eigenvalue weighted by Gasteiger charge is -2.32. The molecule has 1 N–H and O–H groups in total. The molecular weight excluding hydrogens is 569 g/mol. The minimum atomic E-state index is -4.21. The number of nitrogens with zero attached hydrogens (tertiary/aromatic N) is 2. The molecular formula is C30H33Cl2N3O4S. The Kier molecular flexibility index (Phi) is 10.1. The van der Waals surface area contributed by atoms with Crippen molar-refractivity contribution >= 4 is 50.7 Å². The molecule has 2 amide bonds. The van der Waals surface area contributed by atoms with Gasteiger partial charge in [0.05, 0.1) is 20.6 Å². The topological polar surface area (TPSA) is 86.8 Å². The van der Waals surface area contributed by atoms with E-state index in [1.54, 1.807) is 37.3 Å². The predicted molar refractivity (Wildman–Crippen MR) is 159 cm³/mol. The fourth-order valence-electron chi connectivity index (χ4n) is 4.88. The van der Waals surface area contributed by atoms with Gasteiger partial charge in [0.25, 0.3) is 10.0 Å². The van der Waals surface area contributed by atoms with E-state index in [0.29, 0.717) is 6.42 Å². The van der Waals surface area contributed by atoms with Gasteiger partial charge in [-0.25, -0.2) is 8.42 Å². The van der Waals surface area contributed by atoms with E-state index < -0.39 is 28.5 Å². The molecule has 0 aromatic heterocycles. The van der Waals surface area contributed by atoms with Crippen LogP contribution in [0, 0.1) is 0 Å². The molecule has 0 radical (unpaired) electrons. The van der Waals surface area contributed by atoms with Crippen LogP contribution in [0.15, 0.2) is 83.8 Å². The van der Waals surface area contributed by atoms with Crippen molar-refractivity contribution < 1.29 is 18.0 Å². The van der Waals surface area contributed by atoms with Crippen molar-refractivity contribution in [2.45, 2.75) is 56.0 Å². The predicted octanol–water partition coefficient (Wildman–Crippen LogP) is 5.71. The molecule has 7 nitrogen and oxygen atoms in total. The average Bonchev–Trinajstić information content (AvgIpc) is 3.47. The van der Waals surface area contributed by atoms with Crippen LogP contribution in [0.5, 0.6) is 0 Å². The number of carbonyl (C=O) groups excluding carboxylic acids is 2. The van der Waals surface area contributed by atoms with Crippen molar-refractivity contribution in [3.63, 3.8) is 0 Å². The summed E-state index contributed by atoms with van der Waals surface area (Å²) in [5.74, 6) is -0.785. The van der Waals surface area contributed by atoms with Crippen molar-refractivity contribution in [2.24, 2.45) is 0 Å². The molecule has 0 spiro atoms. The minimum Gasteiger partial charge on any atom is -0.352 e. The quantitative estimate of drug-likeness (QED) is 0.305. The number of sulfonamides is 1. The molecule has 3 aromatic rings. The lowest BCUT2D eigenvalue weighted by molar-refractivity contribution is -0.139. The van der Waals surface area contributed by atoms with Crippen LogP contribution in [0.4, 0.5) is 5.69 Å². The Hall–Kier alpha value is -3.07. The number of hydrogen-bond acceptors (Lipinski definition) is 4. The van der Waals surface area contributed by atoms with Gasteiger partial charge in [-0.05, 0) is 56.0 Å². The summed E-state index contributed by atoms with van der Waals surface area (Å²) in [6, 6.07) is 21.3. The van der Waals surface area contributed by atoms with Gasteiger partial charge in [0.1, 0.15) is 12.6 Å². The van der Waals surface area contributed by atoms with Crippen LogP contribution in [-0.2, 0) is 26.0 Å². The fourth-order valence-corrected chi connectivity index (χ4v) is 6.77. The van der Waals surface area contributed by atoms with E-state index >= 15 is 0 Å². The Labute approximate surface area is 246 Å². The first-order valence-corrected chi connectivity index (χ1v) is 15.5. The highest BCUT2D eigenvalue weighted by Crippen LogP contribution is 2.35. The molecule has 0 heterocycles. The molecule has 0 aliphatic heterocycles. The molecule has 212 valence electrons. The first-order valence-electron chi connectivity index (χ1n) is 13.3. The van der Waals surface area contributed by atoms with E-state index in [9.17, 15) is 18.0 Å². The first kappa shape index (κ1) is 29.9. The van der Waals surface area contributed by atoms with Crippen LogP contribution in [-0.4, -0.2) is 50.3 Å². The molecule has 4 rings (SSSR count). The van der Waals surface area contributed by atoms with Crippen LogP contribution in [0.3, 0.4) is 0 Å².